The molecule has 2 N–H and O–H groups in total. The smallest absolute Gasteiger partial charge is 0.316 e. The molecule has 2 atom stereocenters. The Morgan fingerprint density at radius 1 is 0.739 bits per heavy atom. The maximum atomic E-state index is 11.2. The maximum Gasteiger partial charge on any atom is 0.316 e. The van der Waals surface area contributed by atoms with Crippen LogP contribution in [-0.4, -0.2) is 87.0 Å². The minimum atomic E-state index is -3.59. The summed E-state index contributed by atoms with van der Waals surface area (Å²) < 4.78 is 64.1. The molecular formula is C29H56N2O9S2Si4. The van der Waals surface area contributed by atoms with E-state index in [4.69, 9.17) is 12.3 Å². The third kappa shape index (κ3) is 22.0. The summed E-state index contributed by atoms with van der Waals surface area (Å²) in [6.07, 6.45) is 0.333. The summed E-state index contributed by atoms with van der Waals surface area (Å²) in [6, 6.07) is 11.7. The number of hydrogen-bond acceptors (Lipinski definition) is 9. The van der Waals surface area contributed by atoms with Gasteiger partial charge in [-0.15, -0.1) is 0 Å². The lowest BCUT2D eigenvalue weighted by Crippen LogP contribution is -2.57. The Morgan fingerprint density at radius 3 is 1.52 bits per heavy atom. The van der Waals surface area contributed by atoms with Gasteiger partial charge in [-0.25, -0.2) is 16.8 Å². The largest absolute Gasteiger partial charge is 0.437 e. The summed E-state index contributed by atoms with van der Waals surface area (Å²) in [6.45, 7) is 28.8. The Labute approximate surface area is 282 Å². The minimum Gasteiger partial charge on any atom is -0.437 e. The predicted molar refractivity (Wildman–Crippen MR) is 197 cm³/mol. The Bertz CT molecular complexity index is 1310. The van der Waals surface area contributed by atoms with Crippen molar-refractivity contribution in [2.45, 2.75) is 84.2 Å². The first-order valence-corrected chi connectivity index (χ1v) is 30.7. The van der Waals surface area contributed by atoms with Gasteiger partial charge >= 0.3 is 17.1 Å². The standard InChI is InChI=1S/C18H38O3Si4.C11H18N2O6S2/c1-17(18-14-12-11-13-15-18)16-25(10,20-23(5,6)7)21-24(8,9)19-22(2,3)4;1-3-20(16,17)8-10(14)12-6-5-7-13-11(15)9-21(18,19)4-2/h11-15,17H,16H2,1-10H3;3-4H,1-2,5-9H2,(H,12,14)(H,13,15). The summed E-state index contributed by atoms with van der Waals surface area (Å²) >= 11 is 0. The molecule has 0 aliphatic rings. The van der Waals surface area contributed by atoms with Crippen LogP contribution >= 0.6 is 0 Å². The molecule has 1 aromatic carbocycles. The van der Waals surface area contributed by atoms with E-state index in [0.717, 1.165) is 6.04 Å². The summed E-state index contributed by atoms with van der Waals surface area (Å²) in [5.74, 6) is -2.28. The minimum absolute atomic E-state index is 0.153. The highest BCUT2D eigenvalue weighted by atomic mass is 32.2. The van der Waals surface area contributed by atoms with Crippen molar-refractivity contribution in [3.8, 4) is 0 Å². The molecule has 0 aliphatic heterocycles. The van der Waals surface area contributed by atoms with Gasteiger partial charge in [-0.05, 0) is 82.9 Å². The van der Waals surface area contributed by atoms with Gasteiger partial charge in [0, 0.05) is 23.9 Å². The van der Waals surface area contributed by atoms with E-state index >= 15 is 0 Å². The first kappa shape index (κ1) is 44.3. The van der Waals surface area contributed by atoms with Crippen LogP contribution < -0.4 is 10.6 Å². The fourth-order valence-corrected chi connectivity index (χ4v) is 24.1. The molecule has 1 rings (SSSR count). The molecule has 264 valence electrons. The van der Waals surface area contributed by atoms with Gasteiger partial charge in [-0.2, -0.15) is 0 Å². The number of carbonyl (C=O) groups excluding carboxylic acids is 2. The fraction of sp³-hybridized carbons (Fsp3) is 0.586. The quantitative estimate of drug-likeness (QED) is 0.147. The van der Waals surface area contributed by atoms with Crippen LogP contribution in [0.15, 0.2) is 54.3 Å². The first-order chi connectivity index (χ1) is 20.7. The SMILES string of the molecule is C=CS(=O)(=O)CC(=O)NCCCNC(=O)CS(=O)(=O)C=C.CC(C[Si](C)(O[Si](C)(C)C)O[Si](C)(C)O[Si](C)(C)C)c1ccccc1. The van der Waals surface area contributed by atoms with Crippen LogP contribution in [0.4, 0.5) is 0 Å². The van der Waals surface area contributed by atoms with E-state index in [1.165, 1.54) is 5.56 Å². The van der Waals surface area contributed by atoms with Gasteiger partial charge in [-0.1, -0.05) is 50.4 Å². The van der Waals surface area contributed by atoms with Crippen molar-refractivity contribution in [1.29, 1.82) is 0 Å². The second-order valence-electron chi connectivity index (χ2n) is 13.6. The van der Waals surface area contributed by atoms with Crippen molar-refractivity contribution in [1.82, 2.24) is 10.6 Å². The van der Waals surface area contributed by atoms with E-state index < -0.39 is 76.8 Å². The van der Waals surface area contributed by atoms with Crippen molar-refractivity contribution in [2.24, 2.45) is 0 Å². The second-order valence-corrected chi connectivity index (χ2v) is 33.9. The highest BCUT2D eigenvalue weighted by molar-refractivity contribution is 7.95. The molecule has 0 spiro atoms. The molecule has 46 heavy (non-hydrogen) atoms. The van der Waals surface area contributed by atoms with Crippen LogP contribution in [0, 0.1) is 0 Å². The first-order valence-electron chi connectivity index (χ1n) is 15.1. The number of carbonyl (C=O) groups is 2. The van der Waals surface area contributed by atoms with Gasteiger partial charge in [0.15, 0.2) is 36.3 Å². The number of hydrogen-bond donors (Lipinski definition) is 2. The molecule has 1 aromatic rings. The molecule has 0 bridgehead atoms. The topological polar surface area (TPSA) is 154 Å². The van der Waals surface area contributed by atoms with Crippen LogP contribution in [0.1, 0.15) is 24.8 Å². The van der Waals surface area contributed by atoms with Gasteiger partial charge in [0.2, 0.25) is 11.8 Å². The normalized spacial score (nSPS) is 14.6. The average Bonchev–Trinajstić information content (AvgIpc) is 2.85. The average molecular weight is 753 g/mol. The zero-order valence-electron chi connectivity index (χ0n) is 29.3. The molecule has 11 nitrogen and oxygen atoms in total. The Kier molecular flexibility index (Phi) is 18.0. The van der Waals surface area contributed by atoms with Crippen LogP contribution in [0.5, 0.6) is 0 Å². The molecule has 2 amide bonds. The number of amides is 2. The summed E-state index contributed by atoms with van der Waals surface area (Å²) in [4.78, 5) is 22.5. The molecule has 0 fully saturated rings. The summed E-state index contributed by atoms with van der Waals surface area (Å²) in [7, 11) is -15.1. The summed E-state index contributed by atoms with van der Waals surface area (Å²) in [5.41, 5.74) is 1.36. The maximum absolute atomic E-state index is 11.2. The lowest BCUT2D eigenvalue weighted by atomic mass is 10.0. The highest BCUT2D eigenvalue weighted by Gasteiger charge is 2.45. The second kappa shape index (κ2) is 18.7. The molecule has 0 aromatic heterocycles. The molecule has 0 radical (unpaired) electrons. The third-order valence-corrected chi connectivity index (χ3v) is 21.7. The van der Waals surface area contributed by atoms with Gasteiger partial charge < -0.3 is 23.0 Å². The monoisotopic (exact) mass is 752 g/mol. The van der Waals surface area contributed by atoms with E-state index in [9.17, 15) is 26.4 Å². The van der Waals surface area contributed by atoms with Crippen molar-refractivity contribution in [3.05, 3.63) is 59.9 Å². The van der Waals surface area contributed by atoms with Crippen molar-refractivity contribution in [3.63, 3.8) is 0 Å². The van der Waals surface area contributed by atoms with Crippen LogP contribution in [0.2, 0.25) is 65.0 Å². The lowest BCUT2D eigenvalue weighted by Gasteiger charge is -2.42. The summed E-state index contributed by atoms with van der Waals surface area (Å²) in [5, 5.41) is 6.11. The van der Waals surface area contributed by atoms with E-state index in [1.807, 2.05) is 0 Å². The molecule has 0 aliphatic carbocycles. The van der Waals surface area contributed by atoms with E-state index in [-0.39, 0.29) is 13.1 Å². The van der Waals surface area contributed by atoms with Gasteiger partial charge in [-0.3, -0.25) is 9.59 Å². The molecule has 0 heterocycles. The molecule has 0 saturated carbocycles. The Hall–Kier alpha value is -1.71. The van der Waals surface area contributed by atoms with Crippen molar-refractivity contribution < 1.29 is 38.8 Å². The molecule has 0 saturated heterocycles. The molecule has 17 heteroatoms. The zero-order chi connectivity index (χ0) is 36.0. The van der Waals surface area contributed by atoms with E-state index in [2.05, 4.69) is 120 Å². The van der Waals surface area contributed by atoms with Gasteiger partial charge in [0.1, 0.15) is 11.5 Å². The Balaban J connectivity index is 0.000000896. The number of rotatable bonds is 19. The molecular weight excluding hydrogens is 697 g/mol. The van der Waals surface area contributed by atoms with Crippen LogP contribution in [0.3, 0.4) is 0 Å². The van der Waals surface area contributed by atoms with E-state index in [1.54, 1.807) is 0 Å². The number of nitrogens with one attached hydrogen (secondary N) is 2. The fourth-order valence-electron chi connectivity index (χ4n) is 4.61. The number of sulfone groups is 2. The van der Waals surface area contributed by atoms with Crippen molar-refractivity contribution in [2.75, 3.05) is 24.6 Å². The van der Waals surface area contributed by atoms with Crippen LogP contribution in [0.25, 0.3) is 0 Å². The van der Waals surface area contributed by atoms with E-state index in [0.29, 0.717) is 23.2 Å². The van der Waals surface area contributed by atoms with Gasteiger partial charge in [0.25, 0.3) is 0 Å². The highest BCUT2D eigenvalue weighted by Crippen LogP contribution is 2.33. The number of benzene rings is 1. The predicted octanol–water partition coefficient (Wildman–Crippen LogP) is 5.01. The Morgan fingerprint density at radius 2 is 1.15 bits per heavy atom. The molecule has 2 unspecified atom stereocenters. The third-order valence-electron chi connectivity index (χ3n) is 5.75. The zero-order valence-corrected chi connectivity index (χ0v) is 34.9. The van der Waals surface area contributed by atoms with Crippen LogP contribution in [-0.2, 0) is 41.6 Å². The lowest BCUT2D eigenvalue weighted by molar-refractivity contribution is -0.119. The van der Waals surface area contributed by atoms with Crippen molar-refractivity contribution >= 4 is 65.2 Å². The van der Waals surface area contributed by atoms with Gasteiger partial charge in [0.05, 0.1) is 0 Å².